The molecule has 0 spiro atoms. The maximum absolute atomic E-state index is 4.80. The number of fused-ring (bicyclic) bond motifs is 2. The van der Waals surface area contributed by atoms with Gasteiger partial charge in [0.2, 0.25) is 0 Å². The van der Waals surface area contributed by atoms with Crippen molar-refractivity contribution in [1.82, 2.24) is 4.98 Å². The first-order valence-electron chi connectivity index (χ1n) is 10.8. The van der Waals surface area contributed by atoms with Crippen LogP contribution in [0.4, 0.5) is 5.69 Å². The Labute approximate surface area is 168 Å². The van der Waals surface area contributed by atoms with Gasteiger partial charge in [-0.3, -0.25) is 4.99 Å². The van der Waals surface area contributed by atoms with Crippen molar-refractivity contribution >= 4 is 17.0 Å². The first kappa shape index (κ1) is 18.8. The standard InChI is InChI=1S/C23H25N3.C2H6/c1-15-10-20-21(18-8-9-24-13-18)14-25-23(20)22(11-15)26-19-7-6-16-4-2-3-5-17(16)12-19;1-2/h6-9,11-15,20,24,26H,2-5,10H2,1H3;1-2H3. The third kappa shape index (κ3) is 3.58. The number of benzene rings is 1. The zero-order chi connectivity index (χ0) is 19.5. The van der Waals surface area contributed by atoms with Crippen LogP contribution in [-0.2, 0) is 12.8 Å². The highest BCUT2D eigenvalue weighted by Gasteiger charge is 2.33. The van der Waals surface area contributed by atoms with E-state index < -0.39 is 0 Å². The Bertz CT molecular complexity index is 915. The molecule has 0 amide bonds. The molecule has 2 aromatic rings. The molecule has 1 aliphatic heterocycles. The summed E-state index contributed by atoms with van der Waals surface area (Å²) in [6.45, 7) is 6.30. The maximum atomic E-state index is 4.80. The lowest BCUT2D eigenvalue weighted by Gasteiger charge is -2.28. The summed E-state index contributed by atoms with van der Waals surface area (Å²) in [6.07, 6.45) is 14.7. The van der Waals surface area contributed by atoms with Gasteiger partial charge in [-0.15, -0.1) is 0 Å². The summed E-state index contributed by atoms with van der Waals surface area (Å²) < 4.78 is 0. The monoisotopic (exact) mass is 373 g/mol. The highest BCUT2D eigenvalue weighted by Crippen LogP contribution is 2.40. The van der Waals surface area contributed by atoms with Crippen molar-refractivity contribution in [3.63, 3.8) is 0 Å². The van der Waals surface area contributed by atoms with Crippen molar-refractivity contribution in [2.45, 2.75) is 52.9 Å². The van der Waals surface area contributed by atoms with Crippen LogP contribution in [0, 0.1) is 11.8 Å². The number of rotatable bonds is 3. The Kier molecular flexibility index (Phi) is 5.52. The maximum Gasteiger partial charge on any atom is 0.0710 e. The smallest absolute Gasteiger partial charge is 0.0710 e. The predicted molar refractivity (Wildman–Crippen MR) is 120 cm³/mol. The van der Waals surface area contributed by atoms with E-state index >= 15 is 0 Å². The van der Waals surface area contributed by atoms with E-state index in [9.17, 15) is 0 Å². The molecule has 2 N–H and O–H groups in total. The van der Waals surface area contributed by atoms with Crippen LogP contribution in [0.25, 0.3) is 5.57 Å². The van der Waals surface area contributed by atoms with E-state index in [-0.39, 0.29) is 0 Å². The fourth-order valence-corrected chi connectivity index (χ4v) is 4.62. The van der Waals surface area contributed by atoms with Gasteiger partial charge in [-0.1, -0.05) is 32.9 Å². The Morgan fingerprint density at radius 2 is 1.89 bits per heavy atom. The number of aromatic amines is 1. The lowest BCUT2D eigenvalue weighted by Crippen LogP contribution is -2.26. The number of nitrogens with zero attached hydrogens (tertiary/aromatic N) is 1. The van der Waals surface area contributed by atoms with E-state index in [1.165, 1.54) is 65.0 Å². The van der Waals surface area contributed by atoms with E-state index in [0.29, 0.717) is 11.8 Å². The largest absolute Gasteiger partial charge is 0.367 e. The zero-order valence-corrected chi connectivity index (χ0v) is 17.3. The van der Waals surface area contributed by atoms with E-state index in [1.54, 1.807) is 0 Å². The Morgan fingerprint density at radius 1 is 1.07 bits per heavy atom. The lowest BCUT2D eigenvalue weighted by molar-refractivity contribution is 0.597. The second kappa shape index (κ2) is 8.22. The summed E-state index contributed by atoms with van der Waals surface area (Å²) in [5, 5.41) is 3.69. The summed E-state index contributed by atoms with van der Waals surface area (Å²) in [5.41, 5.74) is 9.22. The third-order valence-corrected chi connectivity index (χ3v) is 5.94. The van der Waals surface area contributed by atoms with Gasteiger partial charge in [0, 0.05) is 30.2 Å². The number of aryl methyl sites for hydroxylation is 2. The summed E-state index contributed by atoms with van der Waals surface area (Å²) in [4.78, 5) is 7.98. The van der Waals surface area contributed by atoms with Gasteiger partial charge >= 0.3 is 0 Å². The van der Waals surface area contributed by atoms with Gasteiger partial charge < -0.3 is 10.3 Å². The number of hydrogen-bond donors (Lipinski definition) is 2. The molecule has 28 heavy (non-hydrogen) atoms. The van der Waals surface area contributed by atoms with Gasteiger partial charge in [0.25, 0.3) is 0 Å². The molecule has 2 aliphatic carbocycles. The molecule has 0 saturated carbocycles. The van der Waals surface area contributed by atoms with Gasteiger partial charge in [-0.05, 0) is 78.5 Å². The van der Waals surface area contributed by atoms with Crippen LogP contribution in [0.2, 0.25) is 0 Å². The average molecular weight is 374 g/mol. The van der Waals surface area contributed by atoms with Crippen LogP contribution < -0.4 is 5.32 Å². The fourth-order valence-electron chi connectivity index (χ4n) is 4.62. The highest BCUT2D eigenvalue weighted by molar-refractivity contribution is 6.13. The van der Waals surface area contributed by atoms with Crippen molar-refractivity contribution < 1.29 is 0 Å². The normalized spacial score (nSPS) is 22.8. The molecule has 146 valence electrons. The number of H-pyrrole nitrogens is 1. The SMILES string of the molecule is CC.CC1C=C(Nc2ccc3c(c2)CCCC3)C2=NC=C(c3cc[nH]c3)C2C1. The molecule has 2 heterocycles. The van der Waals surface area contributed by atoms with Crippen LogP contribution in [0.1, 0.15) is 56.7 Å². The number of nitrogens with one attached hydrogen (secondary N) is 2. The summed E-state index contributed by atoms with van der Waals surface area (Å²) in [5.74, 6) is 0.936. The number of allylic oxidation sites excluding steroid dienone is 3. The average Bonchev–Trinajstić information content (AvgIpc) is 3.39. The zero-order valence-electron chi connectivity index (χ0n) is 17.3. The minimum absolute atomic E-state index is 0.394. The second-order valence-electron chi connectivity index (χ2n) is 7.86. The molecule has 1 aromatic heterocycles. The first-order valence-corrected chi connectivity index (χ1v) is 10.8. The molecule has 5 rings (SSSR count). The van der Waals surface area contributed by atoms with Crippen LogP contribution >= 0.6 is 0 Å². The molecule has 0 fully saturated rings. The molecule has 3 aliphatic rings. The van der Waals surface area contributed by atoms with Gasteiger partial charge in [0.1, 0.15) is 0 Å². The number of aliphatic imine (C=N–C) groups is 1. The van der Waals surface area contributed by atoms with Crippen LogP contribution in [0.15, 0.2) is 59.6 Å². The van der Waals surface area contributed by atoms with E-state index in [4.69, 9.17) is 4.99 Å². The molecular weight excluding hydrogens is 342 g/mol. The molecule has 3 nitrogen and oxygen atoms in total. The van der Waals surface area contributed by atoms with Gasteiger partial charge in [0.05, 0.1) is 11.4 Å². The Balaban J connectivity index is 0.000000932. The van der Waals surface area contributed by atoms with Crippen molar-refractivity contribution in [3.8, 4) is 0 Å². The Hall–Kier alpha value is -2.55. The summed E-state index contributed by atoms with van der Waals surface area (Å²) >= 11 is 0. The second-order valence-corrected chi connectivity index (χ2v) is 7.86. The van der Waals surface area contributed by atoms with Gasteiger partial charge in [-0.2, -0.15) is 0 Å². The predicted octanol–water partition coefficient (Wildman–Crippen LogP) is 6.37. The quantitative estimate of drug-likeness (QED) is 0.645. The van der Waals surface area contributed by atoms with Crippen LogP contribution in [0.3, 0.4) is 0 Å². The molecular formula is C25H31N3. The molecule has 2 unspecified atom stereocenters. The highest BCUT2D eigenvalue weighted by atomic mass is 14.9. The summed E-state index contributed by atoms with van der Waals surface area (Å²) in [6, 6.07) is 9.03. The van der Waals surface area contributed by atoms with Crippen molar-refractivity contribution in [2.75, 3.05) is 5.32 Å². The third-order valence-electron chi connectivity index (χ3n) is 5.94. The Morgan fingerprint density at radius 3 is 2.68 bits per heavy atom. The van der Waals surface area contributed by atoms with E-state index in [0.717, 1.165) is 6.42 Å². The van der Waals surface area contributed by atoms with E-state index in [1.807, 2.05) is 20.0 Å². The molecule has 1 aromatic carbocycles. The lowest BCUT2D eigenvalue weighted by atomic mass is 9.79. The number of aromatic nitrogens is 1. The number of hydrogen-bond acceptors (Lipinski definition) is 2. The molecule has 2 atom stereocenters. The molecule has 0 radical (unpaired) electrons. The van der Waals surface area contributed by atoms with Crippen molar-refractivity contribution in [1.29, 1.82) is 0 Å². The molecule has 0 saturated heterocycles. The van der Waals surface area contributed by atoms with Crippen LogP contribution in [0.5, 0.6) is 0 Å². The van der Waals surface area contributed by atoms with Crippen molar-refractivity contribution in [3.05, 3.63) is 71.3 Å². The fraction of sp³-hybridized carbons (Fsp3) is 0.400. The minimum Gasteiger partial charge on any atom is -0.367 e. The van der Waals surface area contributed by atoms with E-state index in [2.05, 4.69) is 60.0 Å². The van der Waals surface area contributed by atoms with Gasteiger partial charge in [-0.25, -0.2) is 0 Å². The minimum atomic E-state index is 0.394. The molecule has 3 heteroatoms. The first-order chi connectivity index (χ1) is 13.8. The van der Waals surface area contributed by atoms with Crippen LogP contribution in [-0.4, -0.2) is 10.7 Å². The molecule has 0 bridgehead atoms. The topological polar surface area (TPSA) is 40.2 Å². The summed E-state index contributed by atoms with van der Waals surface area (Å²) in [7, 11) is 0. The van der Waals surface area contributed by atoms with Crippen molar-refractivity contribution in [2.24, 2.45) is 16.8 Å². The van der Waals surface area contributed by atoms with Gasteiger partial charge in [0.15, 0.2) is 0 Å². The number of anilines is 1.